The number of esters is 1. The van der Waals surface area contributed by atoms with E-state index in [0.29, 0.717) is 32.0 Å². The number of ether oxygens (including phenoxy) is 1. The average Bonchev–Trinajstić information content (AvgIpc) is 3.55. The Labute approximate surface area is 208 Å². The molecule has 3 aromatic rings. The molecule has 0 N–H and O–H groups in total. The summed E-state index contributed by atoms with van der Waals surface area (Å²) in [6.07, 6.45) is 1.66. The zero-order valence-corrected chi connectivity index (χ0v) is 20.9. The molecule has 1 aromatic carbocycles. The number of aromatic nitrogens is 1. The maximum absolute atomic E-state index is 13.7. The summed E-state index contributed by atoms with van der Waals surface area (Å²) in [6.45, 7) is 5.48. The summed E-state index contributed by atoms with van der Waals surface area (Å²) < 4.78 is 7.20. The first-order valence-electron chi connectivity index (χ1n) is 11.1. The number of benzene rings is 1. The van der Waals surface area contributed by atoms with Crippen LogP contribution in [0, 0.1) is 5.92 Å². The third-order valence-electron chi connectivity index (χ3n) is 5.83. The number of hydrogen-bond acceptors (Lipinski definition) is 8. The average molecular weight is 507 g/mol. The van der Waals surface area contributed by atoms with E-state index in [9.17, 15) is 14.4 Å². The number of fused-ring (bicyclic) bond motifs is 1. The maximum Gasteiger partial charge on any atom is 0.338 e. The van der Waals surface area contributed by atoms with Gasteiger partial charge < -0.3 is 4.74 Å². The third-order valence-corrected chi connectivity index (χ3v) is 7.76. The monoisotopic (exact) mass is 506 g/mol. The minimum absolute atomic E-state index is 0.220. The van der Waals surface area contributed by atoms with Crippen LogP contribution >= 0.6 is 22.7 Å². The summed E-state index contributed by atoms with van der Waals surface area (Å²) in [7, 11) is 0. The predicted molar refractivity (Wildman–Crippen MR) is 136 cm³/mol. The van der Waals surface area contributed by atoms with Crippen molar-refractivity contribution in [2.45, 2.75) is 26.8 Å². The molecule has 0 bridgehead atoms. The van der Waals surface area contributed by atoms with E-state index in [1.807, 2.05) is 47.8 Å². The van der Waals surface area contributed by atoms with Gasteiger partial charge in [-0.05, 0) is 50.4 Å². The van der Waals surface area contributed by atoms with Crippen molar-refractivity contribution < 1.29 is 14.3 Å². The number of allylic oxidation sites excluding steroid dienone is 1. The van der Waals surface area contributed by atoms with Gasteiger partial charge in [0.1, 0.15) is 12.0 Å². The molecular weight excluding hydrogens is 484 g/mol. The van der Waals surface area contributed by atoms with E-state index in [-0.39, 0.29) is 18.1 Å². The van der Waals surface area contributed by atoms with E-state index in [4.69, 9.17) is 4.74 Å². The lowest BCUT2D eigenvalue weighted by Crippen LogP contribution is -2.40. The largest absolute Gasteiger partial charge is 0.463 e. The Morgan fingerprint density at radius 2 is 1.91 bits per heavy atom. The number of thiophene rings is 1. The molecule has 5 rings (SSSR count). The zero-order valence-electron chi connectivity index (χ0n) is 19.3. The van der Waals surface area contributed by atoms with Crippen LogP contribution in [0.2, 0.25) is 0 Å². The van der Waals surface area contributed by atoms with Crippen LogP contribution in [0.1, 0.15) is 31.7 Å². The van der Waals surface area contributed by atoms with E-state index in [1.165, 1.54) is 32.2 Å². The number of carbonyl (C=O) groups excluding carboxylic acids is 2. The molecule has 2 aliphatic rings. The van der Waals surface area contributed by atoms with Gasteiger partial charge in [-0.25, -0.2) is 9.79 Å². The Morgan fingerprint density at radius 1 is 1.14 bits per heavy atom. The van der Waals surface area contributed by atoms with Crippen LogP contribution in [-0.4, -0.2) is 28.8 Å². The first kappa shape index (κ1) is 23.1. The van der Waals surface area contributed by atoms with E-state index < -0.39 is 17.9 Å². The number of nitrogens with zero attached hydrogens (tertiary/aromatic N) is 4. The SMILES string of the molecule is CCOC(=O)C1=C(C)N=c2s/c(=C/[C@H]3C(=O)N(c4ccccc4)N=C3C)c(=O)n2[C@@H]1c1cccs1. The van der Waals surface area contributed by atoms with Crippen molar-refractivity contribution in [1.82, 2.24) is 4.57 Å². The van der Waals surface area contributed by atoms with Gasteiger partial charge in [0.2, 0.25) is 0 Å². The van der Waals surface area contributed by atoms with Gasteiger partial charge in [-0.15, -0.1) is 11.3 Å². The summed E-state index contributed by atoms with van der Waals surface area (Å²) in [4.78, 5) is 45.6. The topological polar surface area (TPSA) is 93.3 Å². The van der Waals surface area contributed by atoms with Gasteiger partial charge in [0.25, 0.3) is 11.5 Å². The van der Waals surface area contributed by atoms with Gasteiger partial charge in [0.15, 0.2) is 4.80 Å². The standard InChI is InChI=1S/C25H22N4O4S2/c1-4-33-24(32)20-15(3)26-25-28(21(20)18-11-8-12-34-18)23(31)19(35-25)13-17-14(2)27-29(22(17)30)16-9-6-5-7-10-16/h5-13,17,21H,4H2,1-3H3/b19-13+/t17-,21-/m1/s1. The molecule has 0 unspecified atom stereocenters. The second-order valence-electron chi connectivity index (χ2n) is 8.04. The van der Waals surface area contributed by atoms with Crippen molar-refractivity contribution in [3.05, 3.63) is 83.7 Å². The number of amides is 1. The molecule has 35 heavy (non-hydrogen) atoms. The lowest BCUT2D eigenvalue weighted by molar-refractivity contribution is -0.139. The molecular formula is C25H22N4O4S2. The van der Waals surface area contributed by atoms with Gasteiger partial charge in [-0.3, -0.25) is 14.2 Å². The van der Waals surface area contributed by atoms with Gasteiger partial charge >= 0.3 is 5.97 Å². The molecule has 0 saturated carbocycles. The molecule has 4 heterocycles. The highest BCUT2D eigenvalue weighted by Crippen LogP contribution is 2.33. The van der Waals surface area contributed by atoms with Crippen molar-refractivity contribution in [3.63, 3.8) is 0 Å². The molecule has 0 aliphatic carbocycles. The lowest BCUT2D eigenvalue weighted by atomic mass is 10.0. The number of thiazole rings is 1. The molecule has 0 saturated heterocycles. The van der Waals surface area contributed by atoms with Crippen LogP contribution in [0.3, 0.4) is 0 Å². The fraction of sp³-hybridized carbons (Fsp3) is 0.240. The van der Waals surface area contributed by atoms with Gasteiger partial charge in [-0.1, -0.05) is 35.6 Å². The summed E-state index contributed by atoms with van der Waals surface area (Å²) in [5, 5.41) is 7.69. The van der Waals surface area contributed by atoms with Crippen molar-refractivity contribution in [2.24, 2.45) is 16.0 Å². The number of hydrogen-bond donors (Lipinski definition) is 0. The molecule has 178 valence electrons. The third kappa shape index (κ3) is 3.98. The molecule has 8 nitrogen and oxygen atoms in total. The Hall–Kier alpha value is -3.63. The quantitative estimate of drug-likeness (QED) is 0.498. The van der Waals surface area contributed by atoms with E-state index in [0.717, 1.165) is 4.88 Å². The van der Waals surface area contributed by atoms with E-state index in [2.05, 4.69) is 10.1 Å². The summed E-state index contributed by atoms with van der Waals surface area (Å²) >= 11 is 2.66. The summed E-state index contributed by atoms with van der Waals surface area (Å²) in [5.41, 5.74) is 1.82. The van der Waals surface area contributed by atoms with Gasteiger partial charge in [0.05, 0.1) is 33.8 Å². The maximum atomic E-state index is 13.7. The highest BCUT2D eigenvalue weighted by molar-refractivity contribution is 7.10. The highest BCUT2D eigenvalue weighted by atomic mass is 32.1. The Balaban J connectivity index is 1.61. The molecule has 2 atom stereocenters. The Kier molecular flexibility index (Phi) is 6.08. The molecule has 0 fully saturated rings. The van der Waals surface area contributed by atoms with Crippen LogP contribution in [0.25, 0.3) is 6.08 Å². The summed E-state index contributed by atoms with van der Waals surface area (Å²) in [6, 6.07) is 12.3. The van der Waals surface area contributed by atoms with Gasteiger partial charge in [-0.2, -0.15) is 10.1 Å². The van der Waals surface area contributed by atoms with E-state index in [1.54, 1.807) is 26.8 Å². The number of carbonyl (C=O) groups is 2. The van der Waals surface area contributed by atoms with Crippen LogP contribution in [0.4, 0.5) is 5.69 Å². The number of rotatable bonds is 5. The molecule has 2 aliphatic heterocycles. The minimum atomic E-state index is -0.664. The fourth-order valence-electron chi connectivity index (χ4n) is 4.20. The smallest absolute Gasteiger partial charge is 0.338 e. The first-order valence-corrected chi connectivity index (χ1v) is 12.8. The van der Waals surface area contributed by atoms with E-state index >= 15 is 0 Å². The van der Waals surface area contributed by atoms with Crippen molar-refractivity contribution in [3.8, 4) is 0 Å². The fourth-order valence-corrected chi connectivity index (χ4v) is 6.08. The van der Waals surface area contributed by atoms with Crippen LogP contribution < -0.4 is 19.9 Å². The molecule has 10 heteroatoms. The number of para-hydroxylation sites is 1. The lowest BCUT2D eigenvalue weighted by Gasteiger charge is -2.23. The van der Waals surface area contributed by atoms with Crippen molar-refractivity contribution >= 4 is 52.0 Å². The molecule has 2 aromatic heterocycles. The zero-order chi connectivity index (χ0) is 24.7. The number of anilines is 1. The Bertz CT molecular complexity index is 1550. The first-order chi connectivity index (χ1) is 16.9. The second-order valence-corrected chi connectivity index (χ2v) is 10.0. The molecule has 0 radical (unpaired) electrons. The van der Waals surface area contributed by atoms with Crippen LogP contribution in [0.5, 0.6) is 0 Å². The highest BCUT2D eigenvalue weighted by Gasteiger charge is 2.36. The minimum Gasteiger partial charge on any atom is -0.463 e. The number of hydrazone groups is 1. The normalized spacial score (nSPS) is 20.1. The predicted octanol–water partition coefficient (Wildman–Crippen LogP) is 2.85. The van der Waals surface area contributed by atoms with Crippen LogP contribution in [0.15, 0.2) is 74.0 Å². The van der Waals surface area contributed by atoms with Gasteiger partial charge in [0, 0.05) is 4.88 Å². The van der Waals surface area contributed by atoms with Crippen molar-refractivity contribution in [2.75, 3.05) is 11.6 Å². The Morgan fingerprint density at radius 3 is 2.60 bits per heavy atom. The molecule has 1 amide bonds. The second kappa shape index (κ2) is 9.20. The summed E-state index contributed by atoms with van der Waals surface area (Å²) in [5.74, 6) is -1.38. The van der Waals surface area contributed by atoms with Crippen molar-refractivity contribution in [1.29, 1.82) is 0 Å². The van der Waals surface area contributed by atoms with Crippen LogP contribution in [-0.2, 0) is 14.3 Å². The molecule has 0 spiro atoms.